The van der Waals surface area contributed by atoms with Crippen LogP contribution in [0.25, 0.3) is 0 Å². The van der Waals surface area contributed by atoms with Gasteiger partial charge in [-0.15, -0.1) is 11.3 Å². The second-order valence-electron chi connectivity index (χ2n) is 4.94. The molecule has 1 aromatic heterocycles. The molecule has 1 aliphatic rings. The van der Waals surface area contributed by atoms with Crippen LogP contribution in [0.3, 0.4) is 0 Å². The Bertz CT molecular complexity index is 513. The fraction of sp³-hybridized carbons (Fsp3) is 0.667. The topological polar surface area (TPSA) is 75.4 Å². The van der Waals surface area contributed by atoms with Crippen molar-refractivity contribution >= 4 is 21.5 Å². The summed E-state index contributed by atoms with van der Waals surface area (Å²) in [6.45, 7) is 4.06. The number of piperidine rings is 1. The van der Waals surface area contributed by atoms with E-state index in [9.17, 15) is 8.42 Å². The summed E-state index contributed by atoms with van der Waals surface area (Å²) in [6, 6.07) is 3.96. The van der Waals surface area contributed by atoms with Crippen molar-refractivity contribution in [2.24, 2.45) is 11.7 Å². The van der Waals surface area contributed by atoms with Crippen LogP contribution in [0.5, 0.6) is 0 Å². The lowest BCUT2D eigenvalue weighted by Crippen LogP contribution is -2.46. The van der Waals surface area contributed by atoms with Crippen molar-refractivity contribution in [2.75, 3.05) is 19.6 Å². The molecule has 0 bridgehead atoms. The van der Waals surface area contributed by atoms with E-state index in [4.69, 9.17) is 5.73 Å². The van der Waals surface area contributed by atoms with E-state index in [0.29, 0.717) is 26.2 Å². The normalized spacial score (nSPS) is 21.7. The summed E-state index contributed by atoms with van der Waals surface area (Å²) in [5, 5.41) is 0. The van der Waals surface area contributed by atoms with Gasteiger partial charge in [0.1, 0.15) is 0 Å². The minimum atomic E-state index is -3.38. The number of rotatable bonds is 5. The fourth-order valence-electron chi connectivity index (χ4n) is 2.27. The summed E-state index contributed by atoms with van der Waals surface area (Å²) in [4.78, 5) is 2.23. The number of hydrogen-bond donors (Lipinski definition) is 2. The number of nitrogens with zero attached hydrogens (tertiary/aromatic N) is 1. The van der Waals surface area contributed by atoms with E-state index in [1.54, 1.807) is 11.3 Å². The van der Waals surface area contributed by atoms with Crippen molar-refractivity contribution in [2.45, 2.75) is 26.3 Å². The molecule has 0 spiro atoms. The molecule has 1 fully saturated rings. The number of aryl methyl sites for hydroxylation is 1. The van der Waals surface area contributed by atoms with E-state index in [2.05, 4.69) is 4.72 Å². The van der Waals surface area contributed by atoms with Crippen molar-refractivity contribution in [3.8, 4) is 0 Å². The van der Waals surface area contributed by atoms with Crippen molar-refractivity contribution in [3.63, 3.8) is 0 Å². The SMILES string of the molecule is Cc1ccc(CNS(=O)(=O)N2CCCC(CN)C2)s1. The van der Waals surface area contributed by atoms with Crippen LogP contribution in [-0.4, -0.2) is 32.4 Å². The van der Waals surface area contributed by atoms with E-state index < -0.39 is 10.2 Å². The van der Waals surface area contributed by atoms with Gasteiger partial charge in [0.15, 0.2) is 0 Å². The number of thiophene rings is 1. The molecule has 1 unspecified atom stereocenters. The Morgan fingerprint density at radius 3 is 2.95 bits per heavy atom. The maximum absolute atomic E-state index is 12.2. The molecule has 1 saturated heterocycles. The van der Waals surface area contributed by atoms with E-state index in [1.807, 2.05) is 19.1 Å². The lowest BCUT2D eigenvalue weighted by Gasteiger charge is -2.31. The molecule has 0 amide bonds. The predicted octanol–water partition coefficient (Wildman–Crippen LogP) is 1.06. The molecule has 2 rings (SSSR count). The highest BCUT2D eigenvalue weighted by Crippen LogP contribution is 2.19. The minimum absolute atomic E-state index is 0.286. The predicted molar refractivity (Wildman–Crippen MR) is 78.2 cm³/mol. The second-order valence-corrected chi connectivity index (χ2v) is 8.07. The first-order chi connectivity index (χ1) is 9.01. The van der Waals surface area contributed by atoms with Gasteiger partial charge < -0.3 is 5.73 Å². The Balaban J connectivity index is 1.94. The first-order valence-corrected chi connectivity index (χ1v) is 8.77. The van der Waals surface area contributed by atoms with E-state index in [0.717, 1.165) is 17.7 Å². The number of hydrogen-bond acceptors (Lipinski definition) is 4. The Hall–Kier alpha value is -0.470. The molecule has 19 heavy (non-hydrogen) atoms. The molecular formula is C12H21N3O2S2. The molecule has 0 radical (unpaired) electrons. The minimum Gasteiger partial charge on any atom is -0.330 e. The Kier molecular flexibility index (Phi) is 4.97. The van der Waals surface area contributed by atoms with Crippen LogP contribution < -0.4 is 10.5 Å². The van der Waals surface area contributed by atoms with Gasteiger partial charge in [0.2, 0.25) is 0 Å². The third-order valence-electron chi connectivity index (χ3n) is 3.38. The van der Waals surface area contributed by atoms with E-state index >= 15 is 0 Å². The van der Waals surface area contributed by atoms with Crippen LogP contribution in [0.1, 0.15) is 22.6 Å². The molecule has 3 N–H and O–H groups in total. The number of nitrogens with one attached hydrogen (secondary N) is 1. The van der Waals surface area contributed by atoms with Gasteiger partial charge in [-0.3, -0.25) is 0 Å². The zero-order chi connectivity index (χ0) is 13.9. The van der Waals surface area contributed by atoms with Crippen LogP contribution in [0.2, 0.25) is 0 Å². The van der Waals surface area contributed by atoms with Crippen molar-refractivity contribution < 1.29 is 8.42 Å². The molecule has 7 heteroatoms. The largest absolute Gasteiger partial charge is 0.330 e. The zero-order valence-electron chi connectivity index (χ0n) is 11.1. The molecule has 108 valence electrons. The molecule has 0 aromatic carbocycles. The Morgan fingerprint density at radius 2 is 2.32 bits per heavy atom. The van der Waals surface area contributed by atoms with Crippen molar-refractivity contribution in [1.29, 1.82) is 0 Å². The van der Waals surface area contributed by atoms with Gasteiger partial charge in [0.25, 0.3) is 10.2 Å². The van der Waals surface area contributed by atoms with Crippen LogP contribution in [0.15, 0.2) is 12.1 Å². The van der Waals surface area contributed by atoms with Gasteiger partial charge >= 0.3 is 0 Å². The lowest BCUT2D eigenvalue weighted by molar-refractivity contribution is 0.268. The quantitative estimate of drug-likeness (QED) is 0.854. The highest BCUT2D eigenvalue weighted by atomic mass is 32.2. The fourth-order valence-corrected chi connectivity index (χ4v) is 4.49. The van der Waals surface area contributed by atoms with Gasteiger partial charge in [-0.05, 0) is 44.4 Å². The third kappa shape index (κ3) is 4.00. The van der Waals surface area contributed by atoms with Crippen molar-refractivity contribution in [3.05, 3.63) is 21.9 Å². The standard InChI is InChI=1S/C12H21N3O2S2/c1-10-4-5-12(18-10)8-14-19(16,17)15-6-2-3-11(7-13)9-15/h4-5,11,14H,2-3,6-9,13H2,1H3. The van der Waals surface area contributed by atoms with Crippen LogP contribution in [0.4, 0.5) is 0 Å². The Labute approximate surface area is 119 Å². The maximum Gasteiger partial charge on any atom is 0.279 e. The molecule has 1 atom stereocenters. The van der Waals surface area contributed by atoms with Gasteiger partial charge in [0, 0.05) is 29.4 Å². The van der Waals surface area contributed by atoms with Crippen LogP contribution in [0, 0.1) is 12.8 Å². The van der Waals surface area contributed by atoms with E-state index in [1.165, 1.54) is 9.18 Å². The summed E-state index contributed by atoms with van der Waals surface area (Å²) in [6.07, 6.45) is 1.91. The van der Waals surface area contributed by atoms with Gasteiger partial charge in [-0.1, -0.05) is 0 Å². The van der Waals surface area contributed by atoms with Crippen LogP contribution >= 0.6 is 11.3 Å². The first kappa shape index (κ1) is 14.9. The van der Waals surface area contributed by atoms with E-state index in [-0.39, 0.29) is 5.92 Å². The third-order valence-corrected chi connectivity index (χ3v) is 5.90. The first-order valence-electron chi connectivity index (χ1n) is 6.51. The average molecular weight is 303 g/mol. The molecule has 0 saturated carbocycles. The molecule has 2 heterocycles. The molecular weight excluding hydrogens is 282 g/mol. The van der Waals surface area contributed by atoms with Gasteiger partial charge in [-0.2, -0.15) is 17.4 Å². The van der Waals surface area contributed by atoms with Gasteiger partial charge in [0.05, 0.1) is 0 Å². The summed E-state index contributed by atoms with van der Waals surface area (Å²) in [7, 11) is -3.38. The highest BCUT2D eigenvalue weighted by Gasteiger charge is 2.27. The molecule has 0 aliphatic carbocycles. The average Bonchev–Trinajstić information content (AvgIpc) is 2.82. The molecule has 1 aromatic rings. The summed E-state index contributed by atoms with van der Waals surface area (Å²) < 4.78 is 28.6. The lowest BCUT2D eigenvalue weighted by atomic mass is 10.0. The zero-order valence-corrected chi connectivity index (χ0v) is 12.8. The highest BCUT2D eigenvalue weighted by molar-refractivity contribution is 7.87. The van der Waals surface area contributed by atoms with Crippen molar-refractivity contribution in [1.82, 2.24) is 9.03 Å². The summed E-state index contributed by atoms with van der Waals surface area (Å²) in [5.41, 5.74) is 5.64. The summed E-state index contributed by atoms with van der Waals surface area (Å²) in [5.74, 6) is 0.286. The summed E-state index contributed by atoms with van der Waals surface area (Å²) >= 11 is 1.61. The smallest absolute Gasteiger partial charge is 0.279 e. The van der Waals surface area contributed by atoms with Crippen LogP contribution in [-0.2, 0) is 16.8 Å². The molecule has 1 aliphatic heterocycles. The van der Waals surface area contributed by atoms with Gasteiger partial charge in [-0.25, -0.2) is 0 Å². The molecule has 5 nitrogen and oxygen atoms in total. The second kappa shape index (κ2) is 6.32. The number of nitrogens with two attached hydrogens (primary N) is 1. The monoisotopic (exact) mass is 303 g/mol. The Morgan fingerprint density at radius 1 is 1.53 bits per heavy atom. The maximum atomic E-state index is 12.2.